The van der Waals surface area contributed by atoms with Crippen LogP contribution in [0.15, 0.2) is 0 Å². The van der Waals surface area contributed by atoms with Gasteiger partial charge in [-0.15, -0.1) is 0 Å². The molecule has 1 N–H and O–H groups in total. The smallest absolute Gasteiger partial charge is 0.328 e. The molecule has 1 aliphatic carbocycles. The molecule has 0 aromatic rings. The van der Waals surface area contributed by atoms with Crippen LogP contribution in [0.25, 0.3) is 0 Å². The third-order valence-corrected chi connectivity index (χ3v) is 2.56. The molecule has 13 heavy (non-hydrogen) atoms. The molecule has 0 bridgehead atoms. The molecule has 1 aliphatic heterocycles. The lowest BCUT2D eigenvalue weighted by atomic mass is 10.3. The Morgan fingerprint density at radius 2 is 2.15 bits per heavy atom. The predicted molar refractivity (Wildman–Crippen MR) is 44.3 cm³/mol. The average molecular weight is 184 g/mol. The van der Waals surface area contributed by atoms with Gasteiger partial charge in [0, 0.05) is 13.1 Å². The van der Waals surface area contributed by atoms with Crippen LogP contribution in [-0.2, 0) is 4.79 Å². The van der Waals surface area contributed by atoms with Gasteiger partial charge in [-0.1, -0.05) is 0 Å². The quantitative estimate of drug-likeness (QED) is 0.655. The third-order valence-electron chi connectivity index (χ3n) is 2.56. The van der Waals surface area contributed by atoms with Gasteiger partial charge in [-0.2, -0.15) is 0 Å². The number of urea groups is 1. The van der Waals surface area contributed by atoms with Crippen LogP contribution in [-0.4, -0.2) is 52.6 Å². The summed E-state index contributed by atoms with van der Waals surface area (Å²) in [5, 5.41) is 8.88. The number of carbonyl (C=O) groups is 2. The van der Waals surface area contributed by atoms with Gasteiger partial charge in [0.25, 0.3) is 0 Å². The second-order valence-electron chi connectivity index (χ2n) is 3.66. The Hall–Kier alpha value is -1.26. The van der Waals surface area contributed by atoms with Crippen molar-refractivity contribution in [2.75, 3.05) is 13.6 Å². The van der Waals surface area contributed by atoms with Gasteiger partial charge in [0.15, 0.2) is 0 Å². The molecule has 1 unspecified atom stereocenters. The molecular weight excluding hydrogens is 172 g/mol. The van der Waals surface area contributed by atoms with Gasteiger partial charge in [0.2, 0.25) is 0 Å². The summed E-state index contributed by atoms with van der Waals surface area (Å²) < 4.78 is 0. The van der Waals surface area contributed by atoms with Crippen molar-refractivity contribution in [3.63, 3.8) is 0 Å². The highest BCUT2D eigenvalue weighted by Crippen LogP contribution is 2.32. The third kappa shape index (κ3) is 1.24. The first-order valence-corrected chi connectivity index (χ1v) is 4.37. The summed E-state index contributed by atoms with van der Waals surface area (Å²) in [4.78, 5) is 25.3. The number of hydrogen-bond donors (Lipinski definition) is 1. The number of amides is 2. The Bertz CT molecular complexity index is 262. The average Bonchev–Trinajstić information content (AvgIpc) is 2.82. The van der Waals surface area contributed by atoms with Crippen LogP contribution in [0.1, 0.15) is 12.8 Å². The molecule has 1 atom stereocenters. The minimum Gasteiger partial charge on any atom is -0.480 e. The Labute approximate surface area is 75.9 Å². The Balaban J connectivity index is 2.18. The van der Waals surface area contributed by atoms with Crippen molar-refractivity contribution >= 4 is 12.0 Å². The number of nitrogens with zero attached hydrogens (tertiary/aromatic N) is 2. The van der Waals surface area contributed by atoms with Crippen LogP contribution in [0.4, 0.5) is 4.79 Å². The van der Waals surface area contributed by atoms with E-state index in [9.17, 15) is 9.59 Å². The zero-order valence-corrected chi connectivity index (χ0v) is 7.43. The van der Waals surface area contributed by atoms with E-state index in [4.69, 9.17) is 5.11 Å². The summed E-state index contributed by atoms with van der Waals surface area (Å²) in [6.07, 6.45) is 1.90. The van der Waals surface area contributed by atoms with E-state index in [0.29, 0.717) is 6.54 Å². The van der Waals surface area contributed by atoms with Gasteiger partial charge in [0.05, 0.1) is 6.54 Å². The lowest BCUT2D eigenvalue weighted by molar-refractivity contribution is -0.141. The highest BCUT2D eigenvalue weighted by atomic mass is 16.4. The van der Waals surface area contributed by atoms with Gasteiger partial charge in [-0.3, -0.25) is 0 Å². The number of aliphatic carboxylic acids is 1. The van der Waals surface area contributed by atoms with Crippen LogP contribution in [0.3, 0.4) is 0 Å². The second kappa shape index (κ2) is 2.61. The number of likely N-dealkylation sites (N-methyl/N-ethyl adjacent to an activating group) is 1. The molecule has 72 valence electrons. The van der Waals surface area contributed by atoms with Gasteiger partial charge in [-0.25, -0.2) is 9.59 Å². The van der Waals surface area contributed by atoms with Gasteiger partial charge in [-0.05, 0) is 12.8 Å². The van der Waals surface area contributed by atoms with Crippen molar-refractivity contribution in [1.29, 1.82) is 0 Å². The van der Waals surface area contributed by atoms with Crippen molar-refractivity contribution in [2.24, 2.45) is 0 Å². The molecule has 2 amide bonds. The molecule has 0 aromatic heterocycles. The molecule has 1 saturated carbocycles. The molecule has 0 radical (unpaired) electrons. The topological polar surface area (TPSA) is 60.9 Å². The van der Waals surface area contributed by atoms with Crippen molar-refractivity contribution in [2.45, 2.75) is 24.9 Å². The van der Waals surface area contributed by atoms with Gasteiger partial charge in [0.1, 0.15) is 6.04 Å². The normalized spacial score (nSPS) is 28.4. The minimum atomic E-state index is -0.899. The number of carbonyl (C=O) groups excluding carboxylic acids is 1. The zero-order chi connectivity index (χ0) is 9.59. The fourth-order valence-corrected chi connectivity index (χ4v) is 1.72. The van der Waals surface area contributed by atoms with E-state index in [1.54, 1.807) is 7.05 Å². The van der Waals surface area contributed by atoms with E-state index in [0.717, 1.165) is 12.8 Å². The lowest BCUT2D eigenvalue weighted by Crippen LogP contribution is -2.41. The van der Waals surface area contributed by atoms with Crippen molar-refractivity contribution in [1.82, 2.24) is 9.80 Å². The van der Waals surface area contributed by atoms with E-state index >= 15 is 0 Å². The molecule has 5 nitrogen and oxygen atoms in total. The Kier molecular flexibility index (Phi) is 1.68. The minimum absolute atomic E-state index is 0.144. The number of carboxylic acids is 1. The molecule has 2 aliphatic rings. The van der Waals surface area contributed by atoms with E-state index in [2.05, 4.69) is 0 Å². The first-order valence-electron chi connectivity index (χ1n) is 4.37. The molecule has 1 saturated heterocycles. The highest BCUT2D eigenvalue weighted by molar-refractivity contribution is 5.87. The number of carboxylic acid groups (broad SMARTS) is 1. The fraction of sp³-hybridized carbons (Fsp3) is 0.750. The molecule has 1 heterocycles. The van der Waals surface area contributed by atoms with Gasteiger partial charge >= 0.3 is 12.0 Å². The van der Waals surface area contributed by atoms with E-state index in [-0.39, 0.29) is 12.1 Å². The van der Waals surface area contributed by atoms with Crippen LogP contribution in [0, 0.1) is 0 Å². The summed E-state index contributed by atoms with van der Waals surface area (Å²) in [5.41, 5.74) is 0. The van der Waals surface area contributed by atoms with Crippen LogP contribution in [0.2, 0.25) is 0 Å². The van der Waals surface area contributed by atoms with Crippen molar-refractivity contribution < 1.29 is 14.7 Å². The van der Waals surface area contributed by atoms with Crippen LogP contribution < -0.4 is 0 Å². The summed E-state index contributed by atoms with van der Waals surface area (Å²) in [5.74, 6) is -0.899. The molecular formula is C8H12N2O3. The largest absolute Gasteiger partial charge is 0.480 e. The summed E-state index contributed by atoms with van der Waals surface area (Å²) in [6, 6.07) is -0.599. The first-order chi connectivity index (χ1) is 6.11. The maximum atomic E-state index is 11.5. The molecule has 5 heteroatoms. The van der Waals surface area contributed by atoms with Crippen molar-refractivity contribution in [3.8, 4) is 0 Å². The standard InChI is InChI=1S/C8H12N2O3/c1-9-4-6(7(11)12)10(8(9)13)5-2-3-5/h5-6H,2-4H2,1H3,(H,11,12). The SMILES string of the molecule is CN1CC(C(=O)O)N(C2CC2)C1=O. The van der Waals surface area contributed by atoms with E-state index in [1.165, 1.54) is 9.80 Å². The predicted octanol–water partition coefficient (Wildman–Crippen LogP) is -0.0306. The molecule has 2 rings (SSSR count). The van der Waals surface area contributed by atoms with Crippen molar-refractivity contribution in [3.05, 3.63) is 0 Å². The second-order valence-corrected chi connectivity index (χ2v) is 3.66. The first kappa shape index (κ1) is 8.34. The monoisotopic (exact) mass is 184 g/mol. The fourth-order valence-electron chi connectivity index (χ4n) is 1.72. The maximum absolute atomic E-state index is 11.5. The van der Waals surface area contributed by atoms with Crippen LogP contribution >= 0.6 is 0 Å². The molecule has 2 fully saturated rings. The highest BCUT2D eigenvalue weighted by Gasteiger charge is 2.46. The summed E-state index contributed by atoms with van der Waals surface area (Å²) in [6.45, 7) is 0.310. The van der Waals surface area contributed by atoms with Gasteiger partial charge < -0.3 is 14.9 Å². The molecule has 0 aromatic carbocycles. The number of hydrogen-bond acceptors (Lipinski definition) is 2. The summed E-state index contributed by atoms with van der Waals surface area (Å²) in [7, 11) is 1.64. The van der Waals surface area contributed by atoms with Crippen LogP contribution in [0.5, 0.6) is 0 Å². The maximum Gasteiger partial charge on any atom is 0.328 e. The van der Waals surface area contributed by atoms with E-state index < -0.39 is 12.0 Å². The van der Waals surface area contributed by atoms with E-state index in [1.807, 2.05) is 0 Å². The Morgan fingerprint density at radius 3 is 2.62 bits per heavy atom. The lowest BCUT2D eigenvalue weighted by Gasteiger charge is -2.18. The summed E-state index contributed by atoms with van der Waals surface area (Å²) >= 11 is 0. The zero-order valence-electron chi connectivity index (χ0n) is 7.43. The molecule has 0 spiro atoms. The Morgan fingerprint density at radius 1 is 1.54 bits per heavy atom. The number of rotatable bonds is 2.